The van der Waals surface area contributed by atoms with Gasteiger partial charge in [0.05, 0.1) is 6.10 Å². The van der Waals surface area contributed by atoms with Crippen molar-refractivity contribution in [3.8, 4) is 0 Å². The number of thiocarbonyl (C=S) groups is 1. The average molecular weight is 234 g/mol. The van der Waals surface area contributed by atoms with Gasteiger partial charge in [0.1, 0.15) is 0 Å². The summed E-state index contributed by atoms with van der Waals surface area (Å²) in [5.74, 6) is 0. The summed E-state index contributed by atoms with van der Waals surface area (Å²) >= 11 is 5.08. The predicted octanol–water partition coefficient (Wildman–Crippen LogP) is 0.912. The van der Waals surface area contributed by atoms with Crippen molar-refractivity contribution in [2.75, 3.05) is 33.4 Å². The highest BCUT2D eigenvalue weighted by atomic mass is 32.1. The van der Waals surface area contributed by atoms with Gasteiger partial charge in [-0.3, -0.25) is 0 Å². The van der Waals surface area contributed by atoms with Gasteiger partial charge in [-0.15, -0.1) is 0 Å². The molecule has 0 aromatic heterocycles. The molecule has 0 aliphatic carbocycles. The fourth-order valence-corrected chi connectivity index (χ4v) is 1.09. The molecular weight excluding hydrogens is 212 g/mol. The zero-order valence-electron chi connectivity index (χ0n) is 9.84. The molecule has 0 fully saturated rings. The molecule has 0 heterocycles. The predicted molar refractivity (Wildman–Crippen MR) is 66.2 cm³/mol. The van der Waals surface area contributed by atoms with E-state index in [1.54, 1.807) is 7.11 Å². The van der Waals surface area contributed by atoms with Crippen molar-refractivity contribution in [1.82, 2.24) is 10.6 Å². The highest BCUT2D eigenvalue weighted by Crippen LogP contribution is 1.84. The lowest BCUT2D eigenvalue weighted by Gasteiger charge is -2.13. The summed E-state index contributed by atoms with van der Waals surface area (Å²) < 4.78 is 10.3. The molecule has 0 bridgehead atoms. The van der Waals surface area contributed by atoms with Crippen LogP contribution in [0, 0.1) is 0 Å². The lowest BCUT2D eigenvalue weighted by atomic mass is 10.4. The van der Waals surface area contributed by atoms with Gasteiger partial charge in [0.25, 0.3) is 0 Å². The number of rotatable bonds is 8. The van der Waals surface area contributed by atoms with Crippen molar-refractivity contribution in [3.63, 3.8) is 0 Å². The second-order valence-corrected chi connectivity index (χ2v) is 3.64. The molecule has 0 aliphatic heterocycles. The number of nitrogens with one attached hydrogen (secondary N) is 2. The molecule has 0 aromatic rings. The second kappa shape index (κ2) is 10.1. The molecule has 0 aromatic carbocycles. The van der Waals surface area contributed by atoms with E-state index in [9.17, 15) is 0 Å². The molecule has 1 atom stereocenters. The monoisotopic (exact) mass is 234 g/mol. The van der Waals surface area contributed by atoms with Crippen LogP contribution in [0.3, 0.4) is 0 Å². The van der Waals surface area contributed by atoms with Gasteiger partial charge in [-0.2, -0.15) is 0 Å². The molecule has 0 saturated heterocycles. The van der Waals surface area contributed by atoms with Crippen LogP contribution in [0.4, 0.5) is 0 Å². The van der Waals surface area contributed by atoms with Crippen LogP contribution in [0.25, 0.3) is 0 Å². The Bertz CT molecular complexity index is 168. The van der Waals surface area contributed by atoms with Gasteiger partial charge in [0.15, 0.2) is 5.11 Å². The molecule has 1 unspecified atom stereocenters. The van der Waals surface area contributed by atoms with E-state index in [1.807, 2.05) is 13.8 Å². The standard InChI is InChI=1S/C10H22N2O2S/c1-4-14-7-5-6-11-10(15)12-8-9(2)13-3/h9H,4-8H2,1-3H3,(H2,11,12,15). The van der Waals surface area contributed by atoms with E-state index in [2.05, 4.69) is 10.6 Å². The number of methoxy groups -OCH3 is 1. The van der Waals surface area contributed by atoms with E-state index in [1.165, 1.54) is 0 Å². The van der Waals surface area contributed by atoms with Gasteiger partial charge in [-0.1, -0.05) is 0 Å². The first kappa shape index (κ1) is 14.6. The van der Waals surface area contributed by atoms with Crippen molar-refractivity contribution >= 4 is 17.3 Å². The van der Waals surface area contributed by atoms with Gasteiger partial charge < -0.3 is 20.1 Å². The third-order valence-electron chi connectivity index (χ3n) is 1.91. The first-order valence-electron chi connectivity index (χ1n) is 5.33. The normalized spacial score (nSPS) is 12.2. The van der Waals surface area contributed by atoms with Crippen LogP contribution in [0.2, 0.25) is 0 Å². The summed E-state index contributed by atoms with van der Waals surface area (Å²) in [5, 5.41) is 6.86. The molecule has 5 heteroatoms. The average Bonchev–Trinajstić information content (AvgIpc) is 2.25. The quantitative estimate of drug-likeness (QED) is 0.483. The van der Waals surface area contributed by atoms with Crippen molar-refractivity contribution in [3.05, 3.63) is 0 Å². The Morgan fingerprint density at radius 2 is 2.13 bits per heavy atom. The van der Waals surface area contributed by atoms with Crippen LogP contribution in [-0.2, 0) is 9.47 Å². The first-order valence-corrected chi connectivity index (χ1v) is 5.73. The van der Waals surface area contributed by atoms with Crippen molar-refractivity contribution in [1.29, 1.82) is 0 Å². The summed E-state index contributed by atoms with van der Waals surface area (Å²) in [6.45, 7) is 7.10. The molecule has 2 N–H and O–H groups in total. The number of hydrogen-bond donors (Lipinski definition) is 2. The SMILES string of the molecule is CCOCCCNC(=S)NCC(C)OC. The van der Waals surface area contributed by atoms with E-state index in [0.717, 1.165) is 32.7 Å². The zero-order chi connectivity index (χ0) is 11.5. The lowest BCUT2D eigenvalue weighted by Crippen LogP contribution is -2.39. The Morgan fingerprint density at radius 1 is 1.40 bits per heavy atom. The third kappa shape index (κ3) is 9.90. The van der Waals surface area contributed by atoms with Crippen LogP contribution in [-0.4, -0.2) is 44.6 Å². The molecule has 15 heavy (non-hydrogen) atoms. The first-order chi connectivity index (χ1) is 7.20. The summed E-state index contributed by atoms with van der Waals surface area (Å²) in [5.41, 5.74) is 0. The molecular formula is C10H22N2O2S. The molecule has 0 amide bonds. The van der Waals surface area contributed by atoms with E-state index < -0.39 is 0 Å². The van der Waals surface area contributed by atoms with Crippen LogP contribution in [0.5, 0.6) is 0 Å². The number of ether oxygens (including phenoxy) is 2. The molecule has 0 saturated carbocycles. The topological polar surface area (TPSA) is 42.5 Å². The van der Waals surface area contributed by atoms with Crippen LogP contribution in [0.1, 0.15) is 20.3 Å². The maximum Gasteiger partial charge on any atom is 0.166 e. The fourth-order valence-electron chi connectivity index (χ4n) is 0.903. The fraction of sp³-hybridized carbons (Fsp3) is 0.900. The van der Waals surface area contributed by atoms with Gasteiger partial charge in [0, 0.05) is 33.4 Å². The lowest BCUT2D eigenvalue weighted by molar-refractivity contribution is 0.121. The maximum atomic E-state index is 5.21. The van der Waals surface area contributed by atoms with Crippen LogP contribution in [0.15, 0.2) is 0 Å². The Balaban J connectivity index is 3.26. The minimum atomic E-state index is 0.174. The Labute approximate surface area is 97.7 Å². The van der Waals surface area contributed by atoms with Crippen molar-refractivity contribution < 1.29 is 9.47 Å². The van der Waals surface area contributed by atoms with Gasteiger partial charge in [-0.25, -0.2) is 0 Å². The van der Waals surface area contributed by atoms with E-state index >= 15 is 0 Å². The van der Waals surface area contributed by atoms with Crippen molar-refractivity contribution in [2.45, 2.75) is 26.4 Å². The third-order valence-corrected chi connectivity index (χ3v) is 2.20. The van der Waals surface area contributed by atoms with Gasteiger partial charge >= 0.3 is 0 Å². The summed E-state index contributed by atoms with van der Waals surface area (Å²) in [6, 6.07) is 0. The van der Waals surface area contributed by atoms with E-state index in [0.29, 0.717) is 5.11 Å². The maximum absolute atomic E-state index is 5.21. The Kier molecular flexibility index (Phi) is 9.88. The number of hydrogen-bond acceptors (Lipinski definition) is 3. The van der Waals surface area contributed by atoms with Crippen LogP contribution < -0.4 is 10.6 Å². The summed E-state index contributed by atoms with van der Waals surface area (Å²) in [7, 11) is 1.69. The second-order valence-electron chi connectivity index (χ2n) is 3.23. The van der Waals surface area contributed by atoms with Crippen molar-refractivity contribution in [2.24, 2.45) is 0 Å². The van der Waals surface area contributed by atoms with Gasteiger partial charge in [-0.05, 0) is 32.5 Å². The molecule has 0 rings (SSSR count). The Morgan fingerprint density at radius 3 is 2.73 bits per heavy atom. The van der Waals surface area contributed by atoms with Crippen LogP contribution >= 0.6 is 12.2 Å². The summed E-state index contributed by atoms with van der Waals surface area (Å²) in [6.07, 6.45) is 1.14. The molecule has 0 radical (unpaired) electrons. The Hall–Kier alpha value is -0.390. The minimum Gasteiger partial charge on any atom is -0.382 e. The highest BCUT2D eigenvalue weighted by molar-refractivity contribution is 7.80. The zero-order valence-corrected chi connectivity index (χ0v) is 10.7. The van der Waals surface area contributed by atoms with E-state index in [-0.39, 0.29) is 6.10 Å². The minimum absolute atomic E-state index is 0.174. The molecule has 90 valence electrons. The summed E-state index contributed by atoms with van der Waals surface area (Å²) in [4.78, 5) is 0. The molecule has 0 aliphatic rings. The smallest absolute Gasteiger partial charge is 0.166 e. The molecule has 0 spiro atoms. The highest BCUT2D eigenvalue weighted by Gasteiger charge is 1.99. The van der Waals surface area contributed by atoms with Gasteiger partial charge in [0.2, 0.25) is 0 Å². The largest absolute Gasteiger partial charge is 0.382 e. The van der Waals surface area contributed by atoms with E-state index in [4.69, 9.17) is 21.7 Å². The molecule has 4 nitrogen and oxygen atoms in total.